The van der Waals surface area contributed by atoms with Crippen molar-refractivity contribution in [3.63, 3.8) is 0 Å². The molecule has 0 N–H and O–H groups in total. The molecular formula is C29H16Cl2N2. The quantitative estimate of drug-likeness (QED) is 0.176. The fourth-order valence-corrected chi connectivity index (χ4v) is 5.71. The number of hydrogen-bond acceptors (Lipinski definition) is 1. The Labute approximate surface area is 199 Å². The molecule has 0 fully saturated rings. The second-order valence-electron chi connectivity index (χ2n) is 8.29. The lowest BCUT2D eigenvalue weighted by Crippen LogP contribution is -1.98. The number of pyridine rings is 1. The van der Waals surface area contributed by atoms with Gasteiger partial charge >= 0.3 is 0 Å². The molecule has 7 aromatic rings. The van der Waals surface area contributed by atoms with Crippen LogP contribution in [0.3, 0.4) is 0 Å². The molecule has 0 aliphatic carbocycles. The number of para-hydroxylation sites is 1. The number of rotatable bonds is 1. The van der Waals surface area contributed by atoms with Gasteiger partial charge in [0.25, 0.3) is 0 Å². The molecule has 0 spiro atoms. The van der Waals surface area contributed by atoms with Gasteiger partial charge in [-0.2, -0.15) is 0 Å². The van der Waals surface area contributed by atoms with Crippen LogP contribution in [0.15, 0.2) is 97.1 Å². The fourth-order valence-electron chi connectivity index (χ4n) is 5.25. The Balaban J connectivity index is 1.84. The fraction of sp³-hybridized carbons (Fsp3) is 0. The lowest BCUT2D eigenvalue weighted by molar-refractivity contribution is 1.08. The van der Waals surface area contributed by atoms with Crippen molar-refractivity contribution in [2.75, 3.05) is 0 Å². The molecular weight excluding hydrogens is 447 g/mol. The molecule has 0 radical (unpaired) electrons. The highest BCUT2D eigenvalue weighted by Gasteiger charge is 2.19. The van der Waals surface area contributed by atoms with E-state index in [4.69, 9.17) is 23.2 Å². The zero-order valence-electron chi connectivity index (χ0n) is 17.4. The highest BCUT2D eigenvalue weighted by atomic mass is 35.5. The molecule has 7 rings (SSSR count). The van der Waals surface area contributed by atoms with Gasteiger partial charge in [-0.15, -0.1) is 0 Å². The summed E-state index contributed by atoms with van der Waals surface area (Å²) in [6.45, 7) is 0. The van der Waals surface area contributed by atoms with Gasteiger partial charge in [0.15, 0.2) is 0 Å². The first-order valence-corrected chi connectivity index (χ1v) is 11.5. The van der Waals surface area contributed by atoms with Gasteiger partial charge in [0.05, 0.1) is 11.0 Å². The summed E-state index contributed by atoms with van der Waals surface area (Å²) in [7, 11) is 0. The third kappa shape index (κ3) is 2.65. The maximum Gasteiger partial charge on any atom is 0.140 e. The van der Waals surface area contributed by atoms with Crippen molar-refractivity contribution in [1.29, 1.82) is 0 Å². The van der Waals surface area contributed by atoms with E-state index in [0.29, 0.717) is 16.0 Å². The van der Waals surface area contributed by atoms with E-state index in [0.717, 1.165) is 11.0 Å². The lowest BCUT2D eigenvalue weighted by atomic mass is 9.93. The number of fused-ring (bicyclic) bond motifs is 10. The molecule has 0 aliphatic heterocycles. The Morgan fingerprint density at radius 2 is 1.09 bits per heavy atom. The molecule has 156 valence electrons. The molecule has 0 amide bonds. The molecule has 0 aliphatic rings. The van der Waals surface area contributed by atoms with E-state index in [1.807, 2.05) is 6.07 Å². The summed E-state index contributed by atoms with van der Waals surface area (Å²) < 4.78 is 2.20. The van der Waals surface area contributed by atoms with E-state index in [2.05, 4.69) is 94.5 Å². The van der Waals surface area contributed by atoms with Gasteiger partial charge < -0.3 is 0 Å². The van der Waals surface area contributed by atoms with Crippen LogP contribution in [0.4, 0.5) is 0 Å². The Morgan fingerprint density at radius 3 is 1.79 bits per heavy atom. The van der Waals surface area contributed by atoms with E-state index in [-0.39, 0.29) is 0 Å². The zero-order chi connectivity index (χ0) is 22.1. The van der Waals surface area contributed by atoms with Crippen LogP contribution < -0.4 is 0 Å². The molecule has 5 aromatic carbocycles. The van der Waals surface area contributed by atoms with Crippen LogP contribution >= 0.6 is 23.2 Å². The van der Waals surface area contributed by atoms with E-state index in [1.54, 1.807) is 6.07 Å². The van der Waals surface area contributed by atoms with Crippen LogP contribution in [0.5, 0.6) is 0 Å². The molecule has 4 heteroatoms. The van der Waals surface area contributed by atoms with Crippen molar-refractivity contribution < 1.29 is 0 Å². The van der Waals surface area contributed by atoms with Crippen LogP contribution in [0, 0.1) is 0 Å². The first-order valence-electron chi connectivity index (χ1n) is 10.8. The minimum Gasteiger partial charge on any atom is -0.293 e. The van der Waals surface area contributed by atoms with E-state index >= 15 is 0 Å². The number of benzene rings is 5. The molecule has 0 saturated carbocycles. The van der Waals surface area contributed by atoms with Crippen LogP contribution in [0.25, 0.3) is 59.9 Å². The second-order valence-corrected chi connectivity index (χ2v) is 9.12. The maximum atomic E-state index is 6.42. The van der Waals surface area contributed by atoms with Gasteiger partial charge in [-0.25, -0.2) is 4.98 Å². The van der Waals surface area contributed by atoms with Gasteiger partial charge in [0.2, 0.25) is 0 Å². The van der Waals surface area contributed by atoms with Gasteiger partial charge in [-0.05, 0) is 39.1 Å². The van der Waals surface area contributed by atoms with Crippen molar-refractivity contribution in [2.24, 2.45) is 0 Å². The summed E-state index contributed by atoms with van der Waals surface area (Å²) in [5.41, 5.74) is 2.18. The van der Waals surface area contributed by atoms with E-state index in [1.165, 1.54) is 43.1 Å². The van der Waals surface area contributed by atoms with E-state index < -0.39 is 0 Å². The Kier molecular flexibility index (Phi) is 3.99. The highest BCUT2D eigenvalue weighted by molar-refractivity contribution is 6.35. The Morgan fingerprint density at radius 1 is 0.545 bits per heavy atom. The van der Waals surface area contributed by atoms with Crippen molar-refractivity contribution in [3.8, 4) is 5.82 Å². The number of hydrogen-bond donors (Lipinski definition) is 0. The largest absolute Gasteiger partial charge is 0.293 e. The molecule has 0 atom stereocenters. The van der Waals surface area contributed by atoms with Crippen LogP contribution in [-0.4, -0.2) is 9.55 Å². The topological polar surface area (TPSA) is 17.8 Å². The van der Waals surface area contributed by atoms with Gasteiger partial charge in [0, 0.05) is 27.2 Å². The summed E-state index contributed by atoms with van der Waals surface area (Å²) in [4.78, 5) is 4.67. The summed E-state index contributed by atoms with van der Waals surface area (Å²) in [6, 6.07) is 33.7. The third-order valence-corrected chi connectivity index (χ3v) is 6.93. The molecule has 2 heterocycles. The van der Waals surface area contributed by atoms with Gasteiger partial charge in [-0.1, -0.05) is 102 Å². The average molecular weight is 463 g/mol. The lowest BCUT2D eigenvalue weighted by Gasteiger charge is -2.14. The molecule has 0 unspecified atom stereocenters. The molecule has 2 nitrogen and oxygen atoms in total. The van der Waals surface area contributed by atoms with Gasteiger partial charge in [0.1, 0.15) is 11.0 Å². The second kappa shape index (κ2) is 6.95. The van der Waals surface area contributed by atoms with E-state index in [9.17, 15) is 0 Å². The standard InChI is InChI=1S/C29H16Cl2N2/c30-17-15-26(31)32-27(16-17)33-25-12-6-5-10-21(25)24-14-13-23-20-9-2-1-7-18(20)19-8-3-4-11-22(19)28(23)29(24)33/h1-16H. The minimum absolute atomic E-state index is 0.374. The zero-order valence-corrected chi connectivity index (χ0v) is 18.9. The summed E-state index contributed by atoms with van der Waals surface area (Å²) in [5, 5.41) is 10.7. The van der Waals surface area contributed by atoms with Crippen molar-refractivity contribution in [3.05, 3.63) is 107 Å². The SMILES string of the molecule is Clc1cc(Cl)nc(-n2c3ccccc3c3ccc4c5ccccc5c5ccccc5c4c32)c1. The number of nitrogens with zero attached hydrogens (tertiary/aromatic N) is 2. The molecule has 2 aromatic heterocycles. The smallest absolute Gasteiger partial charge is 0.140 e. The molecule has 0 saturated heterocycles. The highest BCUT2D eigenvalue weighted by Crippen LogP contribution is 2.42. The number of aromatic nitrogens is 2. The third-order valence-electron chi connectivity index (χ3n) is 6.51. The van der Waals surface area contributed by atoms with Gasteiger partial charge in [-0.3, -0.25) is 4.57 Å². The summed E-state index contributed by atoms with van der Waals surface area (Å²) in [6.07, 6.45) is 0. The monoisotopic (exact) mass is 462 g/mol. The van der Waals surface area contributed by atoms with Crippen LogP contribution in [0.2, 0.25) is 10.2 Å². The first kappa shape index (κ1) is 18.9. The predicted molar refractivity (Wildman–Crippen MR) is 141 cm³/mol. The number of halogens is 2. The first-order chi connectivity index (χ1) is 16.2. The molecule has 0 bridgehead atoms. The van der Waals surface area contributed by atoms with Crippen LogP contribution in [0.1, 0.15) is 0 Å². The van der Waals surface area contributed by atoms with Crippen LogP contribution in [-0.2, 0) is 0 Å². The summed E-state index contributed by atoms with van der Waals surface area (Å²) in [5.74, 6) is 0.712. The van der Waals surface area contributed by atoms with Crippen molar-refractivity contribution in [1.82, 2.24) is 9.55 Å². The summed E-state index contributed by atoms with van der Waals surface area (Å²) >= 11 is 12.8. The average Bonchev–Trinajstić information content (AvgIpc) is 3.18. The Bertz CT molecular complexity index is 1840. The minimum atomic E-state index is 0.374. The normalized spacial score (nSPS) is 11.9. The predicted octanol–water partition coefficient (Wildman–Crippen LogP) is 8.95. The van der Waals surface area contributed by atoms with Crippen molar-refractivity contribution >= 4 is 77.3 Å². The Hall–Kier alpha value is -3.59. The maximum absolute atomic E-state index is 6.42. The van der Waals surface area contributed by atoms with Crippen molar-refractivity contribution in [2.45, 2.75) is 0 Å². The molecule has 33 heavy (non-hydrogen) atoms.